The Kier molecular flexibility index (Phi) is 9.82. The van der Waals surface area contributed by atoms with Gasteiger partial charge in [-0.3, -0.25) is 0 Å². The van der Waals surface area contributed by atoms with Crippen molar-refractivity contribution in [2.75, 3.05) is 13.2 Å². The van der Waals surface area contributed by atoms with Gasteiger partial charge in [-0.1, -0.05) is 120 Å². The van der Waals surface area contributed by atoms with Crippen LogP contribution in [-0.4, -0.2) is 24.3 Å². The lowest BCUT2D eigenvalue weighted by molar-refractivity contribution is 0.142. The molecule has 5 nitrogen and oxygen atoms in total. The van der Waals surface area contributed by atoms with Gasteiger partial charge >= 0.3 is 6.09 Å². The molecule has 1 N–H and O–H groups in total. The maximum atomic E-state index is 13.0. The van der Waals surface area contributed by atoms with E-state index < -0.39 is 6.09 Å². The van der Waals surface area contributed by atoms with E-state index in [-0.39, 0.29) is 25.7 Å². The number of ether oxygens (including phenoxy) is 2. The number of benzene rings is 4. The highest BCUT2D eigenvalue weighted by Gasteiger charge is 2.29. The number of aryl methyl sites for hydroxylation is 1. The van der Waals surface area contributed by atoms with Crippen LogP contribution in [-0.2, 0) is 22.6 Å². The van der Waals surface area contributed by atoms with E-state index in [2.05, 4.69) is 46.4 Å². The maximum Gasteiger partial charge on any atom is 0.407 e. The molecular weight excluding hydrogens is 600 g/mol. The molecule has 45 heavy (non-hydrogen) atoms. The number of aromatic nitrogens is 1. The number of nitrogens with one attached hydrogen (secondary N) is 1. The van der Waals surface area contributed by atoms with Gasteiger partial charge in [0, 0.05) is 29.1 Å². The van der Waals surface area contributed by atoms with Gasteiger partial charge in [0.2, 0.25) is 0 Å². The first-order valence-electron chi connectivity index (χ1n) is 14.7. The van der Waals surface area contributed by atoms with Crippen LogP contribution in [0.4, 0.5) is 4.79 Å². The van der Waals surface area contributed by atoms with Gasteiger partial charge < -0.3 is 14.8 Å². The fourth-order valence-electron chi connectivity index (χ4n) is 5.39. The Hall–Kier alpha value is -4.54. The van der Waals surface area contributed by atoms with Gasteiger partial charge in [0.15, 0.2) is 0 Å². The normalized spacial score (nSPS) is 11.7. The van der Waals surface area contributed by atoms with Crippen LogP contribution in [0.5, 0.6) is 0 Å². The zero-order chi connectivity index (χ0) is 31.0. The van der Waals surface area contributed by atoms with Crippen molar-refractivity contribution in [1.29, 1.82) is 0 Å². The quantitative estimate of drug-likeness (QED) is 0.130. The molecule has 224 valence electrons. The van der Waals surface area contributed by atoms with Gasteiger partial charge in [-0.2, -0.15) is 0 Å². The summed E-state index contributed by atoms with van der Waals surface area (Å²) in [6.07, 6.45) is 1.26. The molecule has 4 aromatic carbocycles. The average Bonchev–Trinajstić information content (AvgIpc) is 3.39. The summed E-state index contributed by atoms with van der Waals surface area (Å²) in [7, 11) is 0. The van der Waals surface area contributed by atoms with Crippen molar-refractivity contribution in [3.8, 4) is 23.0 Å². The summed E-state index contributed by atoms with van der Waals surface area (Å²) in [6.45, 7) is 3.23. The largest absolute Gasteiger partial charge is 0.449 e. The average molecular weight is 631 g/mol. The molecule has 1 amide bonds. The predicted octanol–water partition coefficient (Wildman–Crippen LogP) is 8.80. The number of pyridine rings is 1. The summed E-state index contributed by atoms with van der Waals surface area (Å²) in [4.78, 5) is 18.4. The van der Waals surface area contributed by atoms with E-state index >= 15 is 0 Å². The molecule has 1 heterocycles. The molecule has 0 unspecified atom stereocenters. The van der Waals surface area contributed by atoms with Gasteiger partial charge in [0.05, 0.1) is 11.6 Å². The van der Waals surface area contributed by atoms with Crippen LogP contribution >= 0.6 is 23.4 Å². The van der Waals surface area contributed by atoms with E-state index in [0.29, 0.717) is 11.6 Å². The molecule has 0 saturated carbocycles. The predicted molar refractivity (Wildman–Crippen MR) is 179 cm³/mol. The first-order valence-corrected chi connectivity index (χ1v) is 15.9. The van der Waals surface area contributed by atoms with Crippen LogP contribution in [0.2, 0.25) is 5.02 Å². The van der Waals surface area contributed by atoms with Crippen molar-refractivity contribution in [1.82, 2.24) is 10.3 Å². The lowest BCUT2D eigenvalue weighted by atomic mass is 9.98. The first kappa shape index (κ1) is 30.5. The molecule has 5 aromatic rings. The van der Waals surface area contributed by atoms with Gasteiger partial charge in [-0.05, 0) is 64.1 Å². The number of amides is 1. The molecule has 7 heteroatoms. The SMILES string of the molecule is Cc1cccnc1Sc1c(Cl)cc(C#CCOCc2ccccc2)cc1CNC(=O)OCC1c2ccccc2-c2ccccc21. The minimum absolute atomic E-state index is 0.0152. The van der Waals surface area contributed by atoms with Crippen molar-refractivity contribution < 1.29 is 14.3 Å². The highest BCUT2D eigenvalue weighted by molar-refractivity contribution is 7.99. The third-order valence-corrected chi connectivity index (χ3v) is 9.28. The zero-order valence-electron chi connectivity index (χ0n) is 24.8. The molecule has 0 spiro atoms. The van der Waals surface area contributed by atoms with Crippen molar-refractivity contribution in [3.63, 3.8) is 0 Å². The van der Waals surface area contributed by atoms with E-state index in [1.807, 2.05) is 85.8 Å². The number of halogens is 1. The number of nitrogens with zero attached hydrogens (tertiary/aromatic N) is 1. The van der Waals surface area contributed by atoms with Crippen LogP contribution in [0.15, 0.2) is 119 Å². The number of hydrogen-bond donors (Lipinski definition) is 1. The number of fused-ring (bicyclic) bond motifs is 3. The van der Waals surface area contributed by atoms with Crippen LogP contribution in [0.1, 0.15) is 39.3 Å². The lowest BCUT2D eigenvalue weighted by Crippen LogP contribution is -2.26. The Labute approximate surface area is 273 Å². The van der Waals surface area contributed by atoms with Crippen molar-refractivity contribution in [2.45, 2.75) is 35.9 Å². The Morgan fingerprint density at radius 1 is 0.933 bits per heavy atom. The van der Waals surface area contributed by atoms with Gasteiger partial charge in [0.25, 0.3) is 0 Å². The molecule has 1 aliphatic carbocycles. The maximum absolute atomic E-state index is 13.0. The first-order chi connectivity index (χ1) is 22.1. The molecule has 0 atom stereocenters. The molecule has 1 aliphatic rings. The number of alkyl carbamates (subject to hydrolysis) is 1. The second-order valence-electron chi connectivity index (χ2n) is 10.6. The topological polar surface area (TPSA) is 60.5 Å². The number of carbonyl (C=O) groups is 1. The molecule has 0 aliphatic heterocycles. The second-order valence-corrected chi connectivity index (χ2v) is 12.0. The summed E-state index contributed by atoms with van der Waals surface area (Å²) in [5.41, 5.74) is 8.39. The van der Waals surface area contributed by atoms with Crippen LogP contribution in [0.3, 0.4) is 0 Å². The van der Waals surface area contributed by atoms with Crippen LogP contribution in [0.25, 0.3) is 11.1 Å². The van der Waals surface area contributed by atoms with E-state index in [4.69, 9.17) is 21.1 Å². The van der Waals surface area contributed by atoms with Crippen molar-refractivity contribution in [3.05, 3.63) is 148 Å². The molecule has 0 bridgehead atoms. The number of hydrogen-bond acceptors (Lipinski definition) is 5. The van der Waals surface area contributed by atoms with Crippen LogP contribution in [0, 0.1) is 18.8 Å². The number of rotatable bonds is 9. The third-order valence-electron chi connectivity index (χ3n) is 7.57. The number of carbonyl (C=O) groups excluding carboxylic acids is 1. The fourth-order valence-corrected chi connectivity index (χ4v) is 6.70. The minimum atomic E-state index is -0.497. The van der Waals surface area contributed by atoms with E-state index in [9.17, 15) is 4.79 Å². The summed E-state index contributed by atoms with van der Waals surface area (Å²) >= 11 is 8.29. The Bertz CT molecular complexity index is 1840. The molecule has 0 radical (unpaired) electrons. The standard InChI is InChI=1S/C38H31ClN2O3S/c1-26-11-9-19-40-37(26)45-36-29(21-28(22-35(36)39)14-10-20-43-24-27-12-3-2-4-13-27)23-41-38(42)44-25-34-32-17-7-5-15-30(32)31-16-6-8-18-33(31)34/h2-9,11-13,15-19,21-22,34H,20,23-25H2,1H3,(H,41,42). The van der Waals surface area contributed by atoms with E-state index in [1.165, 1.54) is 34.0 Å². The van der Waals surface area contributed by atoms with Crippen molar-refractivity contribution >= 4 is 29.5 Å². The summed E-state index contributed by atoms with van der Waals surface area (Å²) in [6, 6.07) is 34.2. The molecule has 6 rings (SSSR count). The summed E-state index contributed by atoms with van der Waals surface area (Å²) in [5.74, 6) is 6.22. The Morgan fingerprint density at radius 2 is 1.64 bits per heavy atom. The van der Waals surface area contributed by atoms with Gasteiger partial charge in [-0.15, -0.1) is 0 Å². The third kappa shape index (κ3) is 7.41. The second kappa shape index (κ2) is 14.5. The van der Waals surface area contributed by atoms with E-state index in [0.717, 1.165) is 32.2 Å². The summed E-state index contributed by atoms with van der Waals surface area (Å²) < 4.78 is 11.5. The summed E-state index contributed by atoms with van der Waals surface area (Å²) in [5, 5.41) is 4.31. The van der Waals surface area contributed by atoms with Gasteiger partial charge in [0.1, 0.15) is 18.2 Å². The highest BCUT2D eigenvalue weighted by Crippen LogP contribution is 2.44. The Balaban J connectivity index is 1.15. The fraction of sp³-hybridized carbons (Fsp3) is 0.158. The monoisotopic (exact) mass is 630 g/mol. The highest BCUT2D eigenvalue weighted by atomic mass is 35.5. The smallest absolute Gasteiger partial charge is 0.407 e. The van der Waals surface area contributed by atoms with E-state index in [1.54, 1.807) is 6.20 Å². The molecular formula is C38H31ClN2O3S. The molecule has 1 aromatic heterocycles. The van der Waals surface area contributed by atoms with Gasteiger partial charge in [-0.25, -0.2) is 9.78 Å². The molecule has 0 fully saturated rings. The lowest BCUT2D eigenvalue weighted by Gasteiger charge is -2.16. The van der Waals surface area contributed by atoms with Crippen LogP contribution < -0.4 is 5.32 Å². The van der Waals surface area contributed by atoms with Crippen molar-refractivity contribution in [2.24, 2.45) is 0 Å². The zero-order valence-corrected chi connectivity index (χ0v) is 26.3. The Morgan fingerprint density at radius 3 is 2.38 bits per heavy atom. The molecule has 0 saturated heterocycles. The minimum Gasteiger partial charge on any atom is -0.449 e.